The zero-order valence-electron chi connectivity index (χ0n) is 16.3. The summed E-state index contributed by atoms with van der Waals surface area (Å²) >= 11 is 0. The summed E-state index contributed by atoms with van der Waals surface area (Å²) in [7, 11) is 0.129. The first-order chi connectivity index (χ1) is 11.9. The van der Waals surface area contributed by atoms with Crippen LogP contribution in [0.5, 0.6) is 5.75 Å². The van der Waals surface area contributed by atoms with Crippen molar-refractivity contribution in [3.05, 3.63) is 23.3 Å². The van der Waals surface area contributed by atoms with Crippen molar-refractivity contribution in [1.82, 2.24) is 0 Å². The van der Waals surface area contributed by atoms with Crippen LogP contribution in [0.3, 0.4) is 0 Å². The van der Waals surface area contributed by atoms with Crippen LogP contribution in [0.15, 0.2) is 12.1 Å². The van der Waals surface area contributed by atoms with Crippen molar-refractivity contribution in [1.29, 1.82) is 0 Å². The minimum atomic E-state index is -1.56. The fourth-order valence-corrected chi connectivity index (χ4v) is 10.5. The van der Waals surface area contributed by atoms with E-state index in [2.05, 4.69) is 25.8 Å². The van der Waals surface area contributed by atoms with Gasteiger partial charge in [0.25, 0.3) is 0 Å². The van der Waals surface area contributed by atoms with E-state index in [4.69, 9.17) is 4.74 Å². The van der Waals surface area contributed by atoms with Crippen molar-refractivity contribution in [3.63, 3.8) is 0 Å². The molecular formula is C21H34NO2P. The van der Waals surface area contributed by atoms with Gasteiger partial charge in [-0.2, -0.15) is 0 Å². The van der Waals surface area contributed by atoms with Crippen LogP contribution < -0.4 is 10.1 Å². The van der Waals surface area contributed by atoms with Crippen molar-refractivity contribution < 1.29 is 9.53 Å². The number of rotatable bonds is 4. The summed E-state index contributed by atoms with van der Waals surface area (Å²) in [5, 5.41) is 3.32. The van der Waals surface area contributed by atoms with E-state index in [0.29, 0.717) is 5.91 Å². The average Bonchev–Trinajstić information content (AvgIpc) is 2.74. The molecule has 2 aliphatic rings. The number of hydrogen-bond donors (Lipinski definition) is 1. The van der Waals surface area contributed by atoms with Crippen LogP contribution >= 0.6 is 7.26 Å². The molecule has 0 spiro atoms. The van der Waals surface area contributed by atoms with Gasteiger partial charge in [-0.3, -0.25) is 0 Å². The summed E-state index contributed by atoms with van der Waals surface area (Å²) in [4.78, 5) is 13.5. The van der Waals surface area contributed by atoms with Crippen LogP contribution in [0.2, 0.25) is 0 Å². The number of ether oxygens (including phenoxy) is 1. The number of carbonyl (C=O) groups excluding carboxylic acids is 1. The molecule has 1 heterocycles. The molecule has 1 aliphatic carbocycles. The van der Waals surface area contributed by atoms with Crippen LogP contribution in [0, 0.1) is 13.8 Å². The standard InChI is InChI=1S/C21H34NO2P/c1-16-14-18(24-3)15-17(2)19(16)22-20(23)21(10-9-11-21)25(4)12-7-5-6-8-13-25/h14-15,25H,5-13H2,1-4H3,(H,22,23). The second-order valence-electron chi connectivity index (χ2n) is 8.50. The number of hydrogen-bond acceptors (Lipinski definition) is 2. The Morgan fingerprint density at radius 2 is 1.60 bits per heavy atom. The first-order valence-electron chi connectivity index (χ1n) is 9.89. The van der Waals surface area contributed by atoms with E-state index in [0.717, 1.165) is 35.4 Å². The van der Waals surface area contributed by atoms with E-state index < -0.39 is 7.26 Å². The molecule has 1 saturated carbocycles. The zero-order chi connectivity index (χ0) is 18.1. The van der Waals surface area contributed by atoms with Crippen molar-refractivity contribution in [2.75, 3.05) is 31.4 Å². The molecular weight excluding hydrogens is 329 g/mol. The number of nitrogens with one attached hydrogen (secondary N) is 1. The Bertz CT molecular complexity index is 620. The minimum absolute atomic E-state index is 0.0316. The van der Waals surface area contributed by atoms with Gasteiger partial charge in [-0.25, -0.2) is 0 Å². The van der Waals surface area contributed by atoms with Crippen LogP contribution in [-0.4, -0.2) is 37.2 Å². The molecule has 1 aromatic rings. The van der Waals surface area contributed by atoms with Crippen molar-refractivity contribution in [3.8, 4) is 5.75 Å². The van der Waals surface area contributed by atoms with Gasteiger partial charge in [-0.05, 0) is 0 Å². The second kappa shape index (κ2) is 7.27. The van der Waals surface area contributed by atoms with E-state index in [1.54, 1.807) is 7.11 Å². The third kappa shape index (κ3) is 3.33. The van der Waals surface area contributed by atoms with Gasteiger partial charge < -0.3 is 0 Å². The number of anilines is 1. The monoisotopic (exact) mass is 363 g/mol. The maximum absolute atomic E-state index is 13.5. The van der Waals surface area contributed by atoms with E-state index in [9.17, 15) is 4.79 Å². The third-order valence-corrected chi connectivity index (χ3v) is 12.9. The van der Waals surface area contributed by atoms with E-state index in [-0.39, 0.29) is 5.16 Å². The quantitative estimate of drug-likeness (QED) is 0.754. The summed E-state index contributed by atoms with van der Waals surface area (Å²) in [6.07, 6.45) is 11.5. The molecule has 3 nitrogen and oxygen atoms in total. The van der Waals surface area contributed by atoms with Crippen LogP contribution in [0.4, 0.5) is 5.69 Å². The molecule has 25 heavy (non-hydrogen) atoms. The number of methoxy groups -OCH3 is 1. The molecule has 4 heteroatoms. The van der Waals surface area contributed by atoms with E-state index >= 15 is 0 Å². The van der Waals surface area contributed by atoms with Gasteiger partial charge in [0, 0.05) is 0 Å². The Hall–Kier alpha value is -1.08. The van der Waals surface area contributed by atoms with Crippen molar-refractivity contribution >= 4 is 18.9 Å². The van der Waals surface area contributed by atoms with Gasteiger partial charge >= 0.3 is 153 Å². The third-order valence-electron chi connectivity index (χ3n) is 6.98. The van der Waals surface area contributed by atoms with Crippen LogP contribution in [0.25, 0.3) is 0 Å². The molecule has 1 aliphatic heterocycles. The summed E-state index contributed by atoms with van der Waals surface area (Å²) in [6.45, 7) is 6.64. The molecule has 1 N–H and O–H groups in total. The number of carbonyl (C=O) groups is 1. The van der Waals surface area contributed by atoms with Crippen LogP contribution in [0.1, 0.15) is 56.1 Å². The molecule has 1 aromatic carbocycles. The predicted octanol–water partition coefficient (Wildman–Crippen LogP) is 5.13. The summed E-state index contributed by atoms with van der Waals surface area (Å²) in [5.74, 6) is 1.17. The molecule has 1 amide bonds. The molecule has 0 bridgehead atoms. The first-order valence-corrected chi connectivity index (χ1v) is 12.8. The SMILES string of the molecule is COc1cc(C)c(NC(=O)C2([PH]3(C)CCCCCC3)CCC2)c(C)c1. The molecule has 0 unspecified atom stereocenters. The molecule has 140 valence electrons. The zero-order valence-corrected chi connectivity index (χ0v) is 17.3. The fourth-order valence-electron chi connectivity index (χ4n) is 5.09. The van der Waals surface area contributed by atoms with Gasteiger partial charge in [0.1, 0.15) is 0 Å². The molecule has 0 radical (unpaired) electrons. The van der Waals surface area contributed by atoms with Crippen LogP contribution in [-0.2, 0) is 4.79 Å². The van der Waals surface area contributed by atoms with Gasteiger partial charge in [-0.15, -0.1) is 0 Å². The van der Waals surface area contributed by atoms with Crippen molar-refractivity contribution in [2.24, 2.45) is 0 Å². The Labute approximate surface area is 153 Å². The Balaban J connectivity index is 1.86. The number of benzene rings is 1. The van der Waals surface area contributed by atoms with Gasteiger partial charge in [0.15, 0.2) is 0 Å². The molecule has 0 aromatic heterocycles. The van der Waals surface area contributed by atoms with Gasteiger partial charge in [-0.1, -0.05) is 0 Å². The molecule has 1 saturated heterocycles. The summed E-state index contributed by atoms with van der Waals surface area (Å²) < 4.78 is 5.35. The topological polar surface area (TPSA) is 38.3 Å². The maximum atomic E-state index is 13.5. The second-order valence-corrected chi connectivity index (χ2v) is 13.6. The normalized spacial score (nSPS) is 23.0. The van der Waals surface area contributed by atoms with E-state index in [1.165, 1.54) is 44.4 Å². The summed E-state index contributed by atoms with van der Waals surface area (Å²) in [6, 6.07) is 4.03. The Kier molecular flexibility index (Phi) is 5.44. The molecule has 3 rings (SSSR count). The van der Waals surface area contributed by atoms with Crippen molar-refractivity contribution in [2.45, 2.75) is 63.9 Å². The number of amides is 1. The Morgan fingerprint density at radius 3 is 2.04 bits per heavy atom. The van der Waals surface area contributed by atoms with Gasteiger partial charge in [0.2, 0.25) is 0 Å². The fraction of sp³-hybridized carbons (Fsp3) is 0.667. The predicted molar refractivity (Wildman–Crippen MR) is 110 cm³/mol. The molecule has 0 atom stereocenters. The number of aryl methyl sites for hydroxylation is 2. The molecule has 2 fully saturated rings. The first kappa shape index (κ1) is 18.7. The summed E-state index contributed by atoms with van der Waals surface area (Å²) in [5.41, 5.74) is 3.17. The van der Waals surface area contributed by atoms with Gasteiger partial charge in [0.05, 0.1) is 0 Å². The van der Waals surface area contributed by atoms with E-state index in [1.807, 2.05) is 12.1 Å². The average molecular weight is 363 g/mol. The Morgan fingerprint density at radius 1 is 1.04 bits per heavy atom.